The molecule has 0 spiro atoms. The van der Waals surface area contributed by atoms with Gasteiger partial charge in [0, 0.05) is 33.0 Å². The number of allylic oxidation sites excluding steroid dienone is 6. The van der Waals surface area contributed by atoms with Crippen LogP contribution in [0.5, 0.6) is 0 Å². The van der Waals surface area contributed by atoms with Gasteiger partial charge in [-0.25, -0.2) is 0 Å². The van der Waals surface area contributed by atoms with Gasteiger partial charge in [0.15, 0.2) is 0 Å². The predicted octanol–water partition coefficient (Wildman–Crippen LogP) is 9.25. The van der Waals surface area contributed by atoms with Crippen LogP contribution in [0.2, 0.25) is 0 Å². The van der Waals surface area contributed by atoms with Crippen LogP contribution in [0.15, 0.2) is 108 Å². The highest BCUT2D eigenvalue weighted by molar-refractivity contribution is 5.97. The highest BCUT2D eigenvalue weighted by Crippen LogP contribution is 2.56. The molecule has 0 radical (unpaired) electrons. The van der Waals surface area contributed by atoms with E-state index in [1.807, 2.05) is 0 Å². The lowest BCUT2D eigenvalue weighted by molar-refractivity contribution is 0.327. The van der Waals surface area contributed by atoms with Gasteiger partial charge in [0.05, 0.1) is 5.69 Å². The van der Waals surface area contributed by atoms with Gasteiger partial charge in [-0.1, -0.05) is 94.1 Å². The van der Waals surface area contributed by atoms with Crippen molar-refractivity contribution < 1.29 is 4.42 Å². The molecular formula is C40H41NO. The SMILES string of the molecule is C=CC1(C)c2ccc(N(/C(C)=C/C=c3/oc4c(c3=C)CCC=C4)c3cccc4ccccc34)cc2C(C)(C)C1/C=C\C. The van der Waals surface area contributed by atoms with Crippen LogP contribution in [-0.4, -0.2) is 0 Å². The summed E-state index contributed by atoms with van der Waals surface area (Å²) in [4.78, 5) is 2.38. The molecular weight excluding hydrogens is 510 g/mol. The van der Waals surface area contributed by atoms with Crippen molar-refractivity contribution >= 4 is 40.9 Å². The lowest BCUT2D eigenvalue weighted by Gasteiger charge is -2.34. The molecule has 6 rings (SSSR count). The first kappa shape index (κ1) is 27.8. The summed E-state index contributed by atoms with van der Waals surface area (Å²) in [5, 5.41) is 3.43. The second-order valence-electron chi connectivity index (χ2n) is 12.5. The monoisotopic (exact) mass is 551 g/mol. The summed E-state index contributed by atoms with van der Waals surface area (Å²) in [6.45, 7) is 20.0. The first-order valence-electron chi connectivity index (χ1n) is 15.1. The van der Waals surface area contributed by atoms with E-state index in [0.717, 1.165) is 46.3 Å². The minimum absolute atomic E-state index is 0.0570. The van der Waals surface area contributed by atoms with Crippen molar-refractivity contribution in [1.82, 2.24) is 0 Å². The normalized spacial score (nSPS) is 21.6. The second kappa shape index (κ2) is 10.5. The third-order valence-corrected chi connectivity index (χ3v) is 9.61. The van der Waals surface area contributed by atoms with Crippen LogP contribution in [0.25, 0.3) is 29.5 Å². The molecule has 0 amide bonds. The molecule has 2 unspecified atom stereocenters. The van der Waals surface area contributed by atoms with Gasteiger partial charge in [-0.2, -0.15) is 0 Å². The first-order chi connectivity index (χ1) is 20.2. The Balaban J connectivity index is 1.55. The van der Waals surface area contributed by atoms with Gasteiger partial charge in [0.25, 0.3) is 0 Å². The molecule has 212 valence electrons. The van der Waals surface area contributed by atoms with Gasteiger partial charge in [0.2, 0.25) is 0 Å². The zero-order chi connectivity index (χ0) is 29.6. The Hall–Kier alpha value is -4.30. The zero-order valence-electron chi connectivity index (χ0n) is 25.6. The van der Waals surface area contributed by atoms with E-state index in [0.29, 0.717) is 5.92 Å². The summed E-state index contributed by atoms with van der Waals surface area (Å²) in [6.07, 6.45) is 17.2. The number of hydrogen-bond donors (Lipinski definition) is 0. The van der Waals surface area contributed by atoms with Gasteiger partial charge in [-0.3, -0.25) is 0 Å². The van der Waals surface area contributed by atoms with E-state index in [9.17, 15) is 0 Å². The molecule has 2 aliphatic carbocycles. The molecule has 0 N–H and O–H groups in total. The van der Waals surface area contributed by atoms with E-state index >= 15 is 0 Å². The molecule has 0 saturated carbocycles. The third-order valence-electron chi connectivity index (χ3n) is 9.61. The van der Waals surface area contributed by atoms with Crippen molar-refractivity contribution in [3.05, 3.63) is 136 Å². The Kier molecular flexibility index (Phi) is 6.97. The number of hydrogen-bond acceptors (Lipinski definition) is 2. The second-order valence-corrected chi connectivity index (χ2v) is 12.5. The van der Waals surface area contributed by atoms with Gasteiger partial charge >= 0.3 is 0 Å². The van der Waals surface area contributed by atoms with Crippen molar-refractivity contribution in [2.75, 3.05) is 4.90 Å². The molecule has 0 saturated heterocycles. The van der Waals surface area contributed by atoms with Crippen LogP contribution in [0, 0.1) is 5.92 Å². The van der Waals surface area contributed by atoms with Crippen molar-refractivity contribution in [1.29, 1.82) is 0 Å². The summed E-state index contributed by atoms with van der Waals surface area (Å²) in [5.74, 6) is 1.26. The Bertz CT molecular complexity index is 1890. The molecule has 1 heterocycles. The van der Waals surface area contributed by atoms with Crippen molar-refractivity contribution in [3.63, 3.8) is 0 Å². The summed E-state index contributed by atoms with van der Waals surface area (Å²) in [6, 6.07) is 22.2. The minimum atomic E-state index is -0.135. The quantitative estimate of drug-likeness (QED) is 0.222. The molecule has 0 bridgehead atoms. The molecule has 2 nitrogen and oxygen atoms in total. The van der Waals surface area contributed by atoms with Crippen molar-refractivity contribution in [3.8, 4) is 0 Å². The standard InChI is InChI=1S/C40H41NO/c1-8-15-38-39(5,6)34-26-30(23-24-33(34)40(38,7)9-2)41(35-20-14-17-29-16-10-11-19-32(29)35)27(3)22-25-36-28(4)31-18-12-13-21-37(31)42-36/h8-11,13-17,19-26,38H,2,4,12,18H2,1,3,5-7H3/b15-8-,27-22+,36-25+. The Morgan fingerprint density at radius 1 is 1.02 bits per heavy atom. The van der Waals surface area contributed by atoms with Gasteiger partial charge in [0.1, 0.15) is 11.2 Å². The van der Waals surface area contributed by atoms with Crippen LogP contribution in [0.1, 0.15) is 63.5 Å². The summed E-state index contributed by atoms with van der Waals surface area (Å²) >= 11 is 0. The predicted molar refractivity (Wildman–Crippen MR) is 180 cm³/mol. The lowest BCUT2D eigenvalue weighted by Crippen LogP contribution is -2.32. The molecule has 2 heteroatoms. The minimum Gasteiger partial charge on any atom is -0.456 e. The fourth-order valence-electron chi connectivity index (χ4n) is 7.34. The maximum absolute atomic E-state index is 6.22. The van der Waals surface area contributed by atoms with Crippen LogP contribution < -0.4 is 15.5 Å². The summed E-state index contributed by atoms with van der Waals surface area (Å²) < 4.78 is 6.22. The molecule has 2 atom stereocenters. The van der Waals surface area contributed by atoms with Gasteiger partial charge in [-0.05, 0) is 91.0 Å². The Morgan fingerprint density at radius 3 is 2.57 bits per heavy atom. The van der Waals surface area contributed by atoms with Crippen LogP contribution in [0.4, 0.5) is 11.4 Å². The number of benzene rings is 3. The average molecular weight is 552 g/mol. The van der Waals surface area contributed by atoms with Crippen LogP contribution in [-0.2, 0) is 17.3 Å². The fourth-order valence-corrected chi connectivity index (χ4v) is 7.34. The maximum atomic E-state index is 6.22. The molecule has 4 aromatic rings. The van der Waals surface area contributed by atoms with E-state index in [1.165, 1.54) is 27.5 Å². The van der Waals surface area contributed by atoms with Crippen molar-refractivity contribution in [2.45, 2.75) is 58.3 Å². The molecule has 0 fully saturated rings. The van der Waals surface area contributed by atoms with Gasteiger partial charge < -0.3 is 9.32 Å². The highest BCUT2D eigenvalue weighted by Gasteiger charge is 2.50. The summed E-state index contributed by atoms with van der Waals surface area (Å²) in [5.41, 5.74) is 7.99. The molecule has 1 aromatic heterocycles. The Morgan fingerprint density at radius 2 is 1.81 bits per heavy atom. The third kappa shape index (κ3) is 4.32. The number of furan rings is 1. The number of rotatable bonds is 6. The molecule has 3 aromatic carbocycles. The Labute approximate surface area is 250 Å². The number of anilines is 2. The van der Waals surface area contributed by atoms with Crippen molar-refractivity contribution in [2.24, 2.45) is 5.92 Å². The largest absolute Gasteiger partial charge is 0.456 e. The van der Waals surface area contributed by atoms with Gasteiger partial charge in [-0.15, -0.1) is 6.58 Å². The number of nitrogens with zero attached hydrogens (tertiary/aromatic N) is 1. The zero-order valence-corrected chi connectivity index (χ0v) is 25.6. The van der Waals surface area contributed by atoms with E-state index in [1.54, 1.807) is 0 Å². The van der Waals surface area contributed by atoms with E-state index in [4.69, 9.17) is 4.42 Å². The average Bonchev–Trinajstić information content (AvgIpc) is 3.41. The highest BCUT2D eigenvalue weighted by atomic mass is 16.3. The smallest absolute Gasteiger partial charge is 0.134 e. The first-order valence-corrected chi connectivity index (χ1v) is 15.1. The van der Waals surface area contributed by atoms with Crippen LogP contribution in [0.3, 0.4) is 0 Å². The summed E-state index contributed by atoms with van der Waals surface area (Å²) in [7, 11) is 0. The van der Waals surface area contributed by atoms with E-state index in [2.05, 4.69) is 156 Å². The van der Waals surface area contributed by atoms with E-state index < -0.39 is 0 Å². The topological polar surface area (TPSA) is 16.4 Å². The molecule has 0 aliphatic heterocycles. The molecule has 42 heavy (non-hydrogen) atoms. The van der Waals surface area contributed by atoms with E-state index in [-0.39, 0.29) is 10.8 Å². The maximum Gasteiger partial charge on any atom is 0.134 e. The molecule has 2 aliphatic rings. The fraction of sp³-hybridized carbons (Fsp3) is 0.250. The number of fused-ring (bicyclic) bond motifs is 3. The van der Waals surface area contributed by atoms with Crippen LogP contribution >= 0.6 is 0 Å². The lowest BCUT2D eigenvalue weighted by atomic mass is 9.69.